The molecule has 0 aliphatic rings. The van der Waals surface area contributed by atoms with Gasteiger partial charge < -0.3 is 20.7 Å². The van der Waals surface area contributed by atoms with E-state index in [1.807, 2.05) is 66.2 Å². The van der Waals surface area contributed by atoms with Crippen LogP contribution >= 0.6 is 34.4 Å². The van der Waals surface area contributed by atoms with Gasteiger partial charge in [-0.2, -0.15) is 0 Å². The van der Waals surface area contributed by atoms with E-state index in [1.54, 1.807) is 48.5 Å². The number of rotatable bonds is 11. The van der Waals surface area contributed by atoms with Crippen molar-refractivity contribution in [3.8, 4) is 11.1 Å². The third kappa shape index (κ3) is 8.39. The summed E-state index contributed by atoms with van der Waals surface area (Å²) in [6, 6.07) is 27.2. The van der Waals surface area contributed by atoms with Crippen LogP contribution in [0.4, 0.5) is 10.7 Å². The molecule has 0 unspecified atom stereocenters. The topological polar surface area (TPSA) is 114 Å². The number of nitrogens with one attached hydrogen (secondary N) is 3. The highest BCUT2D eigenvalue weighted by atomic mass is 32.2. The number of ether oxygens (including phenoxy) is 1. The number of thioether (sulfide) groups is 1. The number of methoxy groups -OCH3 is 1. The summed E-state index contributed by atoms with van der Waals surface area (Å²) in [6.45, 7) is 1.98. The Labute approximate surface area is 278 Å². The van der Waals surface area contributed by atoms with E-state index in [4.69, 9.17) is 4.74 Å². The fourth-order valence-corrected chi connectivity index (χ4v) is 6.72. The van der Waals surface area contributed by atoms with Gasteiger partial charge >= 0.3 is 5.97 Å². The maximum absolute atomic E-state index is 13.3. The van der Waals surface area contributed by atoms with Gasteiger partial charge in [0.2, 0.25) is 5.91 Å². The van der Waals surface area contributed by atoms with E-state index in [0.717, 1.165) is 20.9 Å². The summed E-state index contributed by atoms with van der Waals surface area (Å²) in [7, 11) is 1.31. The van der Waals surface area contributed by atoms with E-state index < -0.39 is 17.8 Å². The summed E-state index contributed by atoms with van der Waals surface area (Å²) in [5, 5.41) is 12.6. The highest BCUT2D eigenvalue weighted by Crippen LogP contribution is 2.36. The molecule has 0 saturated carbocycles. The van der Waals surface area contributed by atoms with Crippen molar-refractivity contribution >= 4 is 74.9 Å². The molecule has 8 nitrogen and oxygen atoms in total. The molecule has 3 N–H and O–H groups in total. The second kappa shape index (κ2) is 15.3. The lowest BCUT2D eigenvalue weighted by atomic mass is 10.0. The minimum absolute atomic E-state index is 0.0619. The Bertz CT molecular complexity index is 1880. The van der Waals surface area contributed by atoms with E-state index in [0.29, 0.717) is 27.4 Å². The lowest BCUT2D eigenvalue weighted by Gasteiger charge is -2.12. The predicted molar refractivity (Wildman–Crippen MR) is 186 cm³/mol. The number of anilines is 2. The van der Waals surface area contributed by atoms with Crippen LogP contribution < -0.4 is 16.0 Å². The van der Waals surface area contributed by atoms with Crippen LogP contribution in [0.25, 0.3) is 17.2 Å². The van der Waals surface area contributed by atoms with Crippen molar-refractivity contribution in [3.63, 3.8) is 0 Å². The Hall–Kier alpha value is -4.97. The molecule has 2 aromatic heterocycles. The zero-order chi connectivity index (χ0) is 32.5. The Morgan fingerprint density at radius 2 is 1.65 bits per heavy atom. The quantitative estimate of drug-likeness (QED) is 0.0756. The number of carbonyl (C=O) groups is 4. The third-order valence-corrected chi connectivity index (χ3v) is 9.33. The van der Waals surface area contributed by atoms with Crippen molar-refractivity contribution in [1.29, 1.82) is 0 Å². The third-order valence-electron chi connectivity index (χ3n) is 6.62. The summed E-state index contributed by atoms with van der Waals surface area (Å²) in [5.41, 5.74) is 3.96. The zero-order valence-corrected chi connectivity index (χ0v) is 27.3. The van der Waals surface area contributed by atoms with Crippen LogP contribution in [0.3, 0.4) is 0 Å². The molecule has 5 aromatic rings. The molecule has 5 rings (SSSR count). The normalized spacial score (nSPS) is 11.0. The smallest absolute Gasteiger partial charge is 0.341 e. The zero-order valence-electron chi connectivity index (χ0n) is 24.9. The Balaban J connectivity index is 1.25. The molecular weight excluding hydrogens is 639 g/mol. The summed E-state index contributed by atoms with van der Waals surface area (Å²) in [6.07, 6.45) is 1.63. The highest BCUT2D eigenvalue weighted by molar-refractivity contribution is 8.00. The monoisotopic (exact) mass is 667 g/mol. The second-order valence-corrected chi connectivity index (χ2v) is 12.8. The minimum Gasteiger partial charge on any atom is -0.465 e. The van der Waals surface area contributed by atoms with Crippen LogP contribution in [0, 0.1) is 6.92 Å². The van der Waals surface area contributed by atoms with Crippen LogP contribution in [0.5, 0.6) is 0 Å². The fourth-order valence-electron chi connectivity index (χ4n) is 4.33. The molecule has 0 atom stereocenters. The fraction of sp³-hybridized carbons (Fsp3) is 0.0857. The SMILES string of the molecule is COC(=O)c1c(-c2ccc(C)cc2)csc1NC(=O)CSc1cccc(NC(=O)/C(=C/c2cccs2)NC(=O)c2ccccc2)c1. The van der Waals surface area contributed by atoms with Gasteiger partial charge in [0.15, 0.2) is 0 Å². The minimum atomic E-state index is -0.532. The molecule has 0 saturated heterocycles. The molecule has 232 valence electrons. The highest BCUT2D eigenvalue weighted by Gasteiger charge is 2.22. The summed E-state index contributed by atoms with van der Waals surface area (Å²) in [5.74, 6) is -1.66. The molecule has 0 bridgehead atoms. The molecule has 2 heterocycles. The van der Waals surface area contributed by atoms with Crippen molar-refractivity contribution in [2.24, 2.45) is 0 Å². The van der Waals surface area contributed by atoms with Crippen molar-refractivity contribution in [3.05, 3.63) is 129 Å². The number of thiophene rings is 2. The van der Waals surface area contributed by atoms with Crippen molar-refractivity contribution in [2.45, 2.75) is 11.8 Å². The first-order chi connectivity index (χ1) is 22.3. The first-order valence-corrected chi connectivity index (χ1v) is 16.8. The molecule has 0 fully saturated rings. The number of amides is 3. The molecule has 3 amide bonds. The average Bonchev–Trinajstić information content (AvgIpc) is 3.74. The van der Waals surface area contributed by atoms with Gasteiger partial charge in [-0.05, 0) is 60.3 Å². The van der Waals surface area contributed by atoms with Gasteiger partial charge in [-0.15, -0.1) is 34.4 Å². The predicted octanol–water partition coefficient (Wildman–Crippen LogP) is 7.71. The van der Waals surface area contributed by atoms with Crippen LogP contribution in [0.2, 0.25) is 0 Å². The van der Waals surface area contributed by atoms with Gasteiger partial charge in [0, 0.05) is 32.0 Å². The van der Waals surface area contributed by atoms with E-state index in [1.165, 1.54) is 41.5 Å². The number of aryl methyl sites for hydroxylation is 1. The van der Waals surface area contributed by atoms with Gasteiger partial charge in [0.05, 0.1) is 12.9 Å². The van der Waals surface area contributed by atoms with Crippen molar-refractivity contribution in [1.82, 2.24) is 5.32 Å². The first kappa shape index (κ1) is 32.4. The summed E-state index contributed by atoms with van der Waals surface area (Å²) < 4.78 is 5.02. The molecule has 0 radical (unpaired) electrons. The van der Waals surface area contributed by atoms with Crippen LogP contribution in [-0.2, 0) is 14.3 Å². The van der Waals surface area contributed by atoms with Crippen molar-refractivity contribution in [2.75, 3.05) is 23.5 Å². The molecule has 0 aliphatic carbocycles. The second-order valence-electron chi connectivity index (χ2n) is 9.92. The largest absolute Gasteiger partial charge is 0.465 e. The van der Waals surface area contributed by atoms with Crippen molar-refractivity contribution < 1.29 is 23.9 Å². The lowest BCUT2D eigenvalue weighted by Crippen LogP contribution is -2.30. The van der Waals surface area contributed by atoms with Gasteiger partial charge in [-0.25, -0.2) is 4.79 Å². The van der Waals surface area contributed by atoms with Gasteiger partial charge in [0.25, 0.3) is 11.8 Å². The summed E-state index contributed by atoms with van der Waals surface area (Å²) >= 11 is 3.98. The first-order valence-electron chi connectivity index (χ1n) is 14.0. The van der Waals surface area contributed by atoms with Crippen LogP contribution in [0.1, 0.15) is 31.2 Å². The Morgan fingerprint density at radius 1 is 0.870 bits per heavy atom. The van der Waals surface area contributed by atoms with E-state index in [-0.39, 0.29) is 17.4 Å². The standard InChI is InChI=1S/C35H29N3O5S3/c1-22-13-15-23(16-14-22)28-20-46-34(31(28)35(42)43-2)38-30(39)21-45-26-11-6-10-25(18-26)36-33(41)29(19-27-12-7-17-44-27)37-32(40)24-8-4-3-5-9-24/h3-20H,21H2,1-2H3,(H,36,41)(H,37,40)(H,38,39)/b29-19-. The number of carbonyl (C=O) groups excluding carboxylic acids is 4. The maximum Gasteiger partial charge on any atom is 0.341 e. The number of benzene rings is 3. The van der Waals surface area contributed by atoms with E-state index >= 15 is 0 Å². The molecule has 11 heteroatoms. The number of hydrogen-bond donors (Lipinski definition) is 3. The molecule has 3 aromatic carbocycles. The molecule has 0 spiro atoms. The van der Waals surface area contributed by atoms with E-state index in [9.17, 15) is 19.2 Å². The maximum atomic E-state index is 13.3. The Kier molecular flexibility index (Phi) is 10.8. The summed E-state index contributed by atoms with van der Waals surface area (Å²) in [4.78, 5) is 53.4. The molecule has 46 heavy (non-hydrogen) atoms. The number of hydrogen-bond acceptors (Lipinski definition) is 8. The van der Waals surface area contributed by atoms with Crippen LogP contribution in [-0.4, -0.2) is 36.6 Å². The average molecular weight is 668 g/mol. The van der Waals surface area contributed by atoms with E-state index in [2.05, 4.69) is 16.0 Å². The molecular formula is C35H29N3O5S3. The van der Waals surface area contributed by atoms with Gasteiger partial charge in [-0.1, -0.05) is 60.2 Å². The number of esters is 1. The van der Waals surface area contributed by atoms with Crippen LogP contribution in [0.15, 0.2) is 112 Å². The molecule has 0 aliphatic heterocycles. The lowest BCUT2D eigenvalue weighted by molar-refractivity contribution is -0.114. The van der Waals surface area contributed by atoms with Gasteiger partial charge in [-0.3, -0.25) is 14.4 Å². The Morgan fingerprint density at radius 3 is 2.37 bits per heavy atom. The van der Waals surface area contributed by atoms with Gasteiger partial charge in [0.1, 0.15) is 16.3 Å².